The van der Waals surface area contributed by atoms with Gasteiger partial charge in [-0.2, -0.15) is 0 Å². The van der Waals surface area contributed by atoms with Gasteiger partial charge < -0.3 is 20.6 Å². The van der Waals surface area contributed by atoms with E-state index in [1.807, 2.05) is 43.0 Å². The van der Waals surface area contributed by atoms with Crippen LogP contribution in [-0.2, 0) is 22.6 Å². The van der Waals surface area contributed by atoms with Gasteiger partial charge in [-0.1, -0.05) is 19.1 Å². The van der Waals surface area contributed by atoms with E-state index in [0.29, 0.717) is 25.2 Å². The third-order valence-electron chi connectivity index (χ3n) is 6.53. The maximum absolute atomic E-state index is 13.8. The molecule has 1 aliphatic rings. The zero-order valence-electron chi connectivity index (χ0n) is 21.2. The highest BCUT2D eigenvalue weighted by molar-refractivity contribution is 14.1. The van der Waals surface area contributed by atoms with Crippen molar-refractivity contribution in [2.24, 2.45) is 0 Å². The summed E-state index contributed by atoms with van der Waals surface area (Å²) in [5, 5.41) is 17.0. The lowest BCUT2D eigenvalue weighted by Gasteiger charge is -2.40. The number of benzene rings is 2. The van der Waals surface area contributed by atoms with Crippen LogP contribution in [0.2, 0.25) is 0 Å². The van der Waals surface area contributed by atoms with Gasteiger partial charge in [0.1, 0.15) is 11.6 Å². The van der Waals surface area contributed by atoms with Gasteiger partial charge in [0, 0.05) is 41.9 Å². The van der Waals surface area contributed by atoms with Gasteiger partial charge in [0.25, 0.3) is 0 Å². The second-order valence-electron chi connectivity index (χ2n) is 9.40. The molecule has 0 saturated carbocycles. The summed E-state index contributed by atoms with van der Waals surface area (Å²) in [4.78, 5) is 29.1. The van der Waals surface area contributed by atoms with Gasteiger partial charge in [0.2, 0.25) is 11.8 Å². The number of hydrogen-bond donors (Lipinski definition) is 3. The molecule has 1 heterocycles. The van der Waals surface area contributed by atoms with Crippen LogP contribution in [0.25, 0.3) is 0 Å². The number of rotatable bonds is 12. The van der Waals surface area contributed by atoms with Crippen LogP contribution in [0, 0.1) is 15.2 Å². The van der Waals surface area contributed by atoms with Crippen molar-refractivity contribution in [2.75, 3.05) is 32.7 Å². The quantitative estimate of drug-likeness (QED) is 0.315. The maximum atomic E-state index is 13.8. The lowest BCUT2D eigenvalue weighted by atomic mass is 10.0. The molecule has 3 rings (SSSR count). The molecule has 202 valence electrons. The van der Waals surface area contributed by atoms with E-state index in [1.54, 1.807) is 4.90 Å². The number of hydrogen-bond acceptors (Lipinski definition) is 5. The van der Waals surface area contributed by atoms with Crippen molar-refractivity contribution < 1.29 is 23.5 Å². The lowest BCUT2D eigenvalue weighted by molar-refractivity contribution is -0.140. The molecule has 2 amide bonds. The van der Waals surface area contributed by atoms with Crippen molar-refractivity contribution in [3.8, 4) is 0 Å². The van der Waals surface area contributed by atoms with Gasteiger partial charge >= 0.3 is 0 Å². The number of carbonyl (C=O) groups excluding carboxylic acids is 2. The van der Waals surface area contributed by atoms with Crippen molar-refractivity contribution in [1.29, 1.82) is 0 Å². The van der Waals surface area contributed by atoms with Gasteiger partial charge in [-0.15, -0.1) is 0 Å². The highest BCUT2D eigenvalue weighted by Crippen LogP contribution is 2.15. The summed E-state index contributed by atoms with van der Waals surface area (Å²) in [6, 6.07) is 10.4. The topological polar surface area (TPSA) is 84.9 Å². The first kappa shape index (κ1) is 29.4. The van der Waals surface area contributed by atoms with Crippen molar-refractivity contribution in [1.82, 2.24) is 20.4 Å². The Labute approximate surface area is 230 Å². The smallest absolute Gasteiger partial charge is 0.237 e. The second kappa shape index (κ2) is 14.1. The minimum atomic E-state index is -1.01. The number of piperazine rings is 1. The molecule has 2 aromatic rings. The molecular weight excluding hydrogens is 593 g/mol. The third-order valence-corrected chi connectivity index (χ3v) is 7.20. The molecule has 0 aromatic heterocycles. The van der Waals surface area contributed by atoms with Crippen LogP contribution < -0.4 is 10.6 Å². The van der Waals surface area contributed by atoms with E-state index in [2.05, 4.69) is 33.2 Å². The Kier molecular flexibility index (Phi) is 11.2. The highest BCUT2D eigenvalue weighted by Gasteiger charge is 2.32. The monoisotopic (exact) mass is 628 g/mol. The summed E-state index contributed by atoms with van der Waals surface area (Å²) in [5.74, 6) is -1.81. The van der Waals surface area contributed by atoms with Crippen molar-refractivity contribution in [2.45, 2.75) is 51.4 Å². The van der Waals surface area contributed by atoms with E-state index in [-0.39, 0.29) is 43.9 Å². The first-order valence-corrected chi connectivity index (χ1v) is 13.7. The zero-order chi connectivity index (χ0) is 26.9. The maximum Gasteiger partial charge on any atom is 0.237 e. The fraction of sp³-hybridized carbons (Fsp3) is 0.481. The normalized spacial score (nSPS) is 18.1. The number of nitrogens with one attached hydrogen (secondary N) is 2. The Bertz CT molecular complexity index is 1050. The minimum absolute atomic E-state index is 0.00356. The van der Waals surface area contributed by atoms with E-state index in [1.165, 1.54) is 12.1 Å². The molecule has 3 atom stereocenters. The third kappa shape index (κ3) is 8.98. The predicted molar refractivity (Wildman–Crippen MR) is 147 cm³/mol. The summed E-state index contributed by atoms with van der Waals surface area (Å²) in [5.41, 5.74) is 1.38. The van der Waals surface area contributed by atoms with Gasteiger partial charge in [0.15, 0.2) is 0 Å². The van der Waals surface area contributed by atoms with Crippen molar-refractivity contribution in [3.63, 3.8) is 0 Å². The molecule has 0 spiro atoms. The molecule has 0 aliphatic carbocycles. The van der Waals surface area contributed by atoms with E-state index >= 15 is 0 Å². The fourth-order valence-electron chi connectivity index (χ4n) is 4.73. The number of nitrogens with zero attached hydrogens (tertiary/aromatic N) is 2. The molecule has 1 saturated heterocycles. The number of halogens is 3. The summed E-state index contributed by atoms with van der Waals surface area (Å²) in [6.07, 6.45) is -0.178. The Hall–Kier alpha value is -2.15. The average Bonchev–Trinajstić information content (AvgIpc) is 2.82. The van der Waals surface area contributed by atoms with E-state index in [9.17, 15) is 23.5 Å². The van der Waals surface area contributed by atoms with Crippen molar-refractivity contribution >= 4 is 34.4 Å². The minimum Gasteiger partial charge on any atom is -0.390 e. The summed E-state index contributed by atoms with van der Waals surface area (Å²) in [6.45, 7) is 6.00. The van der Waals surface area contributed by atoms with Gasteiger partial charge in [-0.05, 0) is 77.7 Å². The zero-order valence-corrected chi connectivity index (χ0v) is 23.4. The number of aliphatic hydroxyl groups is 1. The van der Waals surface area contributed by atoms with E-state index in [0.717, 1.165) is 21.6 Å². The Morgan fingerprint density at radius 1 is 1.16 bits per heavy atom. The molecule has 2 aromatic carbocycles. The van der Waals surface area contributed by atoms with Crippen LogP contribution in [0.15, 0.2) is 42.5 Å². The summed E-state index contributed by atoms with van der Waals surface area (Å²) >= 11 is 2.23. The first-order valence-electron chi connectivity index (χ1n) is 12.6. The molecule has 0 unspecified atom stereocenters. The van der Waals surface area contributed by atoms with Crippen LogP contribution in [0.5, 0.6) is 0 Å². The molecule has 10 heteroatoms. The van der Waals surface area contributed by atoms with Gasteiger partial charge in [-0.3, -0.25) is 14.5 Å². The molecule has 1 aliphatic heterocycles. The van der Waals surface area contributed by atoms with Crippen molar-refractivity contribution in [3.05, 3.63) is 68.8 Å². The van der Waals surface area contributed by atoms with Crippen LogP contribution in [0.1, 0.15) is 31.4 Å². The van der Waals surface area contributed by atoms with E-state index < -0.39 is 23.8 Å². The molecule has 1 fully saturated rings. The Balaban J connectivity index is 1.65. The second-order valence-corrected chi connectivity index (χ2v) is 10.6. The Morgan fingerprint density at radius 3 is 2.54 bits per heavy atom. The lowest BCUT2D eigenvalue weighted by Crippen LogP contribution is -2.58. The summed E-state index contributed by atoms with van der Waals surface area (Å²) < 4.78 is 28.7. The van der Waals surface area contributed by atoms with Crippen LogP contribution in [-0.4, -0.2) is 77.6 Å². The molecule has 37 heavy (non-hydrogen) atoms. The number of aliphatic hydroxyl groups excluding tert-OH is 1. The van der Waals surface area contributed by atoms with Crippen LogP contribution >= 0.6 is 22.6 Å². The van der Waals surface area contributed by atoms with Gasteiger partial charge in [0.05, 0.1) is 25.2 Å². The van der Waals surface area contributed by atoms with Crippen LogP contribution in [0.3, 0.4) is 0 Å². The molecule has 3 N–H and O–H groups in total. The SMILES string of the molecule is CC[C@@H]1CN(CC(=O)N[C@@H](Cc2cc(F)cc(F)c2)[C@H](O)CNCc2cccc(I)c2)CC(=O)N1CC. The standard InChI is InChI=1S/C27H35F2IN4O3/c1-3-23-15-33(17-27(37)34(23)4-2)16-26(36)32-24(11-19-8-20(28)12-21(29)9-19)25(35)14-31-13-18-6-5-7-22(30)10-18/h5-10,12,23-25,31,35H,3-4,11,13-17H2,1-2H3,(H,32,36)/t23-,24+,25-/m1/s1. The number of amides is 2. The number of carbonyl (C=O) groups is 2. The predicted octanol–water partition coefficient (Wildman–Crippen LogP) is 2.69. The number of likely N-dealkylation sites (N-methyl/N-ethyl adjacent to an activating group) is 1. The molecule has 7 nitrogen and oxygen atoms in total. The molecular formula is C27H35F2IN4O3. The fourth-order valence-corrected chi connectivity index (χ4v) is 5.33. The molecule has 0 radical (unpaired) electrons. The largest absolute Gasteiger partial charge is 0.390 e. The Morgan fingerprint density at radius 2 is 1.89 bits per heavy atom. The first-order chi connectivity index (χ1) is 17.7. The van der Waals surface area contributed by atoms with E-state index in [4.69, 9.17) is 0 Å². The van der Waals surface area contributed by atoms with Crippen LogP contribution in [0.4, 0.5) is 8.78 Å². The highest BCUT2D eigenvalue weighted by atomic mass is 127. The van der Waals surface area contributed by atoms with Gasteiger partial charge in [-0.25, -0.2) is 8.78 Å². The molecule has 0 bridgehead atoms. The average molecular weight is 629 g/mol. The summed E-state index contributed by atoms with van der Waals surface area (Å²) in [7, 11) is 0.